The minimum absolute atomic E-state index is 0.249. The summed E-state index contributed by atoms with van der Waals surface area (Å²) in [6.45, 7) is 3.33. The standard InChI is InChI=1S/C19H26N4O2/c24-18(23-10-12-25-13-11-23)19(8-4-1-5-9-19)20-14-17-15-6-2-3-7-16(15)21-22-17/h2-3,6-7,20H,1,4-5,8-14H2,(H,21,22). The van der Waals surface area contributed by atoms with Crippen LogP contribution in [0.3, 0.4) is 0 Å². The molecule has 2 heterocycles. The number of aromatic amines is 1. The molecule has 1 aliphatic carbocycles. The lowest BCUT2D eigenvalue weighted by Crippen LogP contribution is -2.60. The van der Waals surface area contributed by atoms with Gasteiger partial charge < -0.3 is 9.64 Å². The number of morpholine rings is 1. The van der Waals surface area contributed by atoms with E-state index < -0.39 is 5.54 Å². The highest BCUT2D eigenvalue weighted by Crippen LogP contribution is 2.31. The third kappa shape index (κ3) is 3.28. The fourth-order valence-corrected chi connectivity index (χ4v) is 4.10. The van der Waals surface area contributed by atoms with E-state index in [9.17, 15) is 4.79 Å². The average molecular weight is 342 g/mol. The third-order valence-electron chi connectivity index (χ3n) is 5.56. The molecule has 1 saturated heterocycles. The second-order valence-electron chi connectivity index (χ2n) is 7.12. The Bertz CT molecular complexity index is 730. The van der Waals surface area contributed by atoms with Crippen molar-refractivity contribution in [2.45, 2.75) is 44.2 Å². The molecule has 134 valence electrons. The molecule has 2 aromatic rings. The van der Waals surface area contributed by atoms with Crippen LogP contribution in [-0.4, -0.2) is 52.8 Å². The van der Waals surface area contributed by atoms with Crippen molar-refractivity contribution in [3.63, 3.8) is 0 Å². The summed E-state index contributed by atoms with van der Waals surface area (Å²) in [5.74, 6) is 0.249. The first-order valence-corrected chi connectivity index (χ1v) is 9.33. The predicted octanol–water partition coefficient (Wildman–Crippen LogP) is 2.21. The molecule has 1 aliphatic heterocycles. The summed E-state index contributed by atoms with van der Waals surface area (Å²) >= 11 is 0. The van der Waals surface area contributed by atoms with Gasteiger partial charge in [-0.1, -0.05) is 37.5 Å². The Labute approximate surface area is 147 Å². The van der Waals surface area contributed by atoms with Gasteiger partial charge in [0.2, 0.25) is 5.91 Å². The zero-order valence-electron chi connectivity index (χ0n) is 14.6. The third-order valence-corrected chi connectivity index (χ3v) is 5.56. The van der Waals surface area contributed by atoms with Crippen LogP contribution < -0.4 is 5.32 Å². The van der Waals surface area contributed by atoms with Gasteiger partial charge >= 0.3 is 0 Å². The lowest BCUT2D eigenvalue weighted by Gasteiger charge is -2.41. The van der Waals surface area contributed by atoms with E-state index in [0.29, 0.717) is 32.8 Å². The largest absolute Gasteiger partial charge is 0.378 e. The van der Waals surface area contributed by atoms with Crippen LogP contribution in [0, 0.1) is 0 Å². The SMILES string of the molecule is O=C(N1CCOCC1)C1(NCc2[nH]nc3ccccc23)CCCCC1. The van der Waals surface area contributed by atoms with Crippen molar-refractivity contribution in [3.05, 3.63) is 30.0 Å². The lowest BCUT2D eigenvalue weighted by atomic mass is 9.80. The highest BCUT2D eigenvalue weighted by molar-refractivity contribution is 5.87. The first-order valence-electron chi connectivity index (χ1n) is 9.33. The molecule has 0 spiro atoms. The van der Waals surface area contributed by atoms with Crippen molar-refractivity contribution in [1.29, 1.82) is 0 Å². The maximum atomic E-state index is 13.3. The molecule has 4 rings (SSSR count). The van der Waals surface area contributed by atoms with Gasteiger partial charge in [0.25, 0.3) is 0 Å². The minimum atomic E-state index is -0.443. The van der Waals surface area contributed by atoms with Crippen molar-refractivity contribution in [2.75, 3.05) is 26.3 Å². The van der Waals surface area contributed by atoms with E-state index in [-0.39, 0.29) is 5.91 Å². The summed E-state index contributed by atoms with van der Waals surface area (Å²) in [5.41, 5.74) is 1.58. The Kier molecular flexibility index (Phi) is 4.72. The van der Waals surface area contributed by atoms with E-state index in [2.05, 4.69) is 21.6 Å². The lowest BCUT2D eigenvalue weighted by molar-refractivity contribution is -0.144. The quantitative estimate of drug-likeness (QED) is 0.894. The van der Waals surface area contributed by atoms with Crippen molar-refractivity contribution >= 4 is 16.8 Å². The molecule has 0 atom stereocenters. The number of benzene rings is 1. The van der Waals surface area contributed by atoms with Gasteiger partial charge in [0.15, 0.2) is 0 Å². The van der Waals surface area contributed by atoms with Crippen LogP contribution >= 0.6 is 0 Å². The van der Waals surface area contributed by atoms with Gasteiger partial charge in [-0.3, -0.25) is 15.2 Å². The van der Waals surface area contributed by atoms with E-state index in [1.807, 2.05) is 23.1 Å². The smallest absolute Gasteiger partial charge is 0.243 e. The number of H-pyrrole nitrogens is 1. The molecule has 25 heavy (non-hydrogen) atoms. The molecule has 2 aliphatic rings. The normalized spacial score (nSPS) is 20.7. The molecule has 6 heteroatoms. The van der Waals surface area contributed by atoms with E-state index in [1.165, 1.54) is 6.42 Å². The van der Waals surface area contributed by atoms with Gasteiger partial charge in [-0.25, -0.2) is 0 Å². The van der Waals surface area contributed by atoms with Crippen molar-refractivity contribution < 1.29 is 9.53 Å². The number of rotatable bonds is 4. The zero-order valence-corrected chi connectivity index (χ0v) is 14.6. The number of carbonyl (C=O) groups is 1. The summed E-state index contributed by atoms with van der Waals surface area (Å²) < 4.78 is 5.41. The Morgan fingerprint density at radius 2 is 1.96 bits per heavy atom. The zero-order chi connectivity index (χ0) is 17.1. The maximum absolute atomic E-state index is 13.3. The molecule has 1 amide bonds. The first-order chi connectivity index (χ1) is 12.3. The van der Waals surface area contributed by atoms with Gasteiger partial charge in [0.05, 0.1) is 30.0 Å². The maximum Gasteiger partial charge on any atom is 0.243 e. The molecular formula is C19H26N4O2. The number of para-hydroxylation sites is 1. The van der Waals surface area contributed by atoms with Crippen LogP contribution in [-0.2, 0) is 16.1 Å². The number of fused-ring (bicyclic) bond motifs is 1. The number of carbonyl (C=O) groups excluding carboxylic acids is 1. The van der Waals surface area contributed by atoms with Crippen LogP contribution in [0.2, 0.25) is 0 Å². The second-order valence-corrected chi connectivity index (χ2v) is 7.12. The Morgan fingerprint density at radius 3 is 2.76 bits per heavy atom. The predicted molar refractivity (Wildman–Crippen MR) is 96.1 cm³/mol. The van der Waals surface area contributed by atoms with Gasteiger partial charge in [0.1, 0.15) is 0 Å². The monoisotopic (exact) mass is 342 g/mol. The van der Waals surface area contributed by atoms with Gasteiger partial charge in [-0.15, -0.1) is 0 Å². The molecule has 2 N–H and O–H groups in total. The highest BCUT2D eigenvalue weighted by Gasteiger charge is 2.42. The van der Waals surface area contributed by atoms with Crippen LogP contribution in [0.1, 0.15) is 37.8 Å². The Morgan fingerprint density at radius 1 is 1.20 bits per heavy atom. The number of aromatic nitrogens is 2. The summed E-state index contributed by atoms with van der Waals surface area (Å²) in [6.07, 6.45) is 5.25. The molecule has 2 fully saturated rings. The number of hydrogen-bond acceptors (Lipinski definition) is 4. The van der Waals surface area contributed by atoms with Crippen LogP contribution in [0.25, 0.3) is 10.9 Å². The van der Waals surface area contributed by atoms with E-state index in [1.54, 1.807) is 0 Å². The highest BCUT2D eigenvalue weighted by atomic mass is 16.5. The van der Waals surface area contributed by atoms with Crippen LogP contribution in [0.5, 0.6) is 0 Å². The van der Waals surface area contributed by atoms with Gasteiger partial charge in [-0.05, 0) is 18.9 Å². The van der Waals surface area contributed by atoms with Gasteiger partial charge in [-0.2, -0.15) is 5.10 Å². The second kappa shape index (κ2) is 7.14. The molecule has 6 nitrogen and oxygen atoms in total. The van der Waals surface area contributed by atoms with Gasteiger partial charge in [0, 0.05) is 25.0 Å². The molecule has 1 aromatic heterocycles. The van der Waals surface area contributed by atoms with Crippen molar-refractivity contribution in [3.8, 4) is 0 Å². The number of ether oxygens (including phenoxy) is 1. The number of amides is 1. The minimum Gasteiger partial charge on any atom is -0.378 e. The summed E-state index contributed by atoms with van der Waals surface area (Å²) in [7, 11) is 0. The summed E-state index contributed by atoms with van der Waals surface area (Å²) in [5, 5.41) is 12.2. The van der Waals surface area contributed by atoms with E-state index in [4.69, 9.17) is 4.74 Å². The molecule has 1 saturated carbocycles. The Balaban J connectivity index is 1.53. The van der Waals surface area contributed by atoms with Crippen LogP contribution in [0.15, 0.2) is 24.3 Å². The first kappa shape index (κ1) is 16.5. The van der Waals surface area contributed by atoms with E-state index in [0.717, 1.165) is 42.3 Å². The fourth-order valence-electron chi connectivity index (χ4n) is 4.10. The van der Waals surface area contributed by atoms with Crippen molar-refractivity contribution in [1.82, 2.24) is 20.4 Å². The summed E-state index contributed by atoms with van der Waals surface area (Å²) in [4.78, 5) is 15.3. The molecular weight excluding hydrogens is 316 g/mol. The van der Waals surface area contributed by atoms with Crippen molar-refractivity contribution in [2.24, 2.45) is 0 Å². The number of nitrogens with one attached hydrogen (secondary N) is 2. The Hall–Kier alpha value is -1.92. The average Bonchev–Trinajstić information content (AvgIpc) is 3.10. The molecule has 0 bridgehead atoms. The molecule has 1 aromatic carbocycles. The van der Waals surface area contributed by atoms with E-state index >= 15 is 0 Å². The molecule has 0 unspecified atom stereocenters. The number of hydrogen-bond donors (Lipinski definition) is 2. The summed E-state index contributed by atoms with van der Waals surface area (Å²) in [6, 6.07) is 8.10. The van der Waals surface area contributed by atoms with Crippen LogP contribution in [0.4, 0.5) is 0 Å². The number of nitrogens with zero attached hydrogens (tertiary/aromatic N) is 2. The topological polar surface area (TPSA) is 70.2 Å². The fraction of sp³-hybridized carbons (Fsp3) is 0.579. The molecule has 0 radical (unpaired) electrons.